The van der Waals surface area contributed by atoms with Crippen LogP contribution in [-0.4, -0.2) is 22.2 Å². The molecule has 1 unspecified atom stereocenters. The van der Waals surface area contributed by atoms with Crippen molar-refractivity contribution in [1.29, 1.82) is 0 Å². The summed E-state index contributed by atoms with van der Waals surface area (Å²) in [5.74, 6) is -2.09. The largest absolute Gasteiger partial charge is 0.478 e. The number of carboxylic acids is 1. The van der Waals surface area contributed by atoms with Crippen LogP contribution in [0.15, 0.2) is 12.3 Å². The van der Waals surface area contributed by atoms with Gasteiger partial charge < -0.3 is 9.84 Å². The molecule has 5 heteroatoms. The fourth-order valence-corrected chi connectivity index (χ4v) is 1.57. The number of halogens is 1. The standard InChI is InChI=1S/C12H16FNO3/c1-7(2)6-8(3)17-11-10(13)9(12(15)16)4-5-14-11/h4-5,7-8H,6H2,1-3H3,(H,15,16). The Morgan fingerprint density at radius 3 is 2.71 bits per heavy atom. The zero-order valence-corrected chi connectivity index (χ0v) is 10.1. The molecule has 0 aliphatic carbocycles. The van der Waals surface area contributed by atoms with Crippen LogP contribution in [0.4, 0.5) is 4.39 Å². The zero-order chi connectivity index (χ0) is 13.0. The van der Waals surface area contributed by atoms with Gasteiger partial charge in [0.15, 0.2) is 5.82 Å². The van der Waals surface area contributed by atoms with Crippen molar-refractivity contribution in [2.45, 2.75) is 33.3 Å². The second-order valence-electron chi connectivity index (χ2n) is 4.34. The Morgan fingerprint density at radius 2 is 2.18 bits per heavy atom. The summed E-state index contributed by atoms with van der Waals surface area (Å²) in [6, 6.07) is 1.11. The number of rotatable bonds is 5. The van der Waals surface area contributed by atoms with Gasteiger partial charge in [0.2, 0.25) is 0 Å². The van der Waals surface area contributed by atoms with Crippen LogP contribution in [0, 0.1) is 11.7 Å². The van der Waals surface area contributed by atoms with Crippen LogP contribution in [0.1, 0.15) is 37.6 Å². The third kappa shape index (κ3) is 3.69. The molecule has 0 spiro atoms. The second kappa shape index (κ2) is 5.61. The average Bonchev–Trinajstić information content (AvgIpc) is 2.19. The Labute approximate surface area is 99.4 Å². The van der Waals surface area contributed by atoms with Crippen molar-refractivity contribution >= 4 is 5.97 Å². The Bertz CT molecular complexity index is 407. The van der Waals surface area contributed by atoms with Crippen LogP contribution in [-0.2, 0) is 0 Å². The summed E-state index contributed by atoms with van der Waals surface area (Å²) in [4.78, 5) is 14.4. The van der Waals surface area contributed by atoms with Gasteiger partial charge in [0, 0.05) is 6.20 Å². The van der Waals surface area contributed by atoms with Crippen LogP contribution in [0.2, 0.25) is 0 Å². The van der Waals surface area contributed by atoms with Gasteiger partial charge in [-0.1, -0.05) is 13.8 Å². The van der Waals surface area contributed by atoms with E-state index in [-0.39, 0.29) is 12.0 Å². The highest BCUT2D eigenvalue weighted by Crippen LogP contribution is 2.20. The van der Waals surface area contributed by atoms with Crippen LogP contribution in [0.25, 0.3) is 0 Å². The minimum atomic E-state index is -1.33. The van der Waals surface area contributed by atoms with Gasteiger partial charge in [-0.2, -0.15) is 0 Å². The summed E-state index contributed by atoms with van der Waals surface area (Å²) in [6.07, 6.45) is 1.77. The van der Waals surface area contributed by atoms with E-state index >= 15 is 0 Å². The lowest BCUT2D eigenvalue weighted by Crippen LogP contribution is -2.17. The number of carboxylic acid groups (broad SMARTS) is 1. The highest BCUT2D eigenvalue weighted by molar-refractivity contribution is 5.88. The molecule has 0 amide bonds. The van der Waals surface area contributed by atoms with Gasteiger partial charge in [-0.25, -0.2) is 14.2 Å². The maximum atomic E-state index is 13.7. The molecule has 4 nitrogen and oxygen atoms in total. The molecule has 17 heavy (non-hydrogen) atoms. The molecule has 0 aliphatic rings. The summed E-state index contributed by atoms with van der Waals surface area (Å²) in [6.45, 7) is 5.85. The van der Waals surface area contributed by atoms with Crippen molar-refractivity contribution in [2.75, 3.05) is 0 Å². The minimum Gasteiger partial charge on any atom is -0.478 e. The molecule has 0 aliphatic heterocycles. The normalized spacial score (nSPS) is 12.5. The van der Waals surface area contributed by atoms with Gasteiger partial charge in [-0.15, -0.1) is 0 Å². The van der Waals surface area contributed by atoms with Crippen LogP contribution < -0.4 is 4.74 Å². The summed E-state index contributed by atoms with van der Waals surface area (Å²) in [5.41, 5.74) is -0.424. The van der Waals surface area contributed by atoms with Gasteiger partial charge in [0.05, 0.1) is 6.10 Å². The fraction of sp³-hybridized carbons (Fsp3) is 0.500. The Kier molecular flexibility index (Phi) is 4.43. The third-order valence-corrected chi connectivity index (χ3v) is 2.20. The Hall–Kier alpha value is -1.65. The van der Waals surface area contributed by atoms with Crippen molar-refractivity contribution in [3.05, 3.63) is 23.6 Å². The molecule has 1 heterocycles. The number of pyridine rings is 1. The predicted octanol–water partition coefficient (Wildman–Crippen LogP) is 2.73. The number of aromatic carboxylic acids is 1. The van der Waals surface area contributed by atoms with Gasteiger partial charge in [-0.05, 0) is 25.3 Å². The smallest absolute Gasteiger partial charge is 0.338 e. The van der Waals surface area contributed by atoms with E-state index < -0.39 is 17.3 Å². The van der Waals surface area contributed by atoms with E-state index in [0.717, 1.165) is 12.5 Å². The van der Waals surface area contributed by atoms with Crippen molar-refractivity contribution in [2.24, 2.45) is 5.92 Å². The molecule has 0 saturated carbocycles. The quantitative estimate of drug-likeness (QED) is 0.861. The highest BCUT2D eigenvalue weighted by atomic mass is 19.1. The van der Waals surface area contributed by atoms with Crippen molar-refractivity contribution < 1.29 is 19.0 Å². The maximum absolute atomic E-state index is 13.7. The molecule has 94 valence electrons. The van der Waals surface area contributed by atoms with E-state index in [0.29, 0.717) is 5.92 Å². The summed E-state index contributed by atoms with van der Waals surface area (Å²) in [5, 5.41) is 8.75. The molecule has 1 N–H and O–H groups in total. The molecule has 0 saturated heterocycles. The number of nitrogens with zero attached hydrogens (tertiary/aromatic N) is 1. The first-order valence-corrected chi connectivity index (χ1v) is 5.46. The van der Waals surface area contributed by atoms with E-state index in [2.05, 4.69) is 4.98 Å². The lowest BCUT2D eigenvalue weighted by atomic mass is 10.1. The highest BCUT2D eigenvalue weighted by Gasteiger charge is 2.18. The number of hydrogen-bond acceptors (Lipinski definition) is 3. The van der Waals surface area contributed by atoms with Crippen molar-refractivity contribution in [3.63, 3.8) is 0 Å². The average molecular weight is 241 g/mol. The molecule has 0 aromatic carbocycles. The minimum absolute atomic E-state index is 0.207. The van der Waals surface area contributed by atoms with Crippen LogP contribution >= 0.6 is 0 Å². The van der Waals surface area contributed by atoms with Crippen molar-refractivity contribution in [1.82, 2.24) is 4.98 Å². The first-order valence-electron chi connectivity index (χ1n) is 5.46. The summed E-state index contributed by atoms with van der Waals surface area (Å²) < 4.78 is 19.0. The first-order chi connectivity index (χ1) is 7.91. The first kappa shape index (κ1) is 13.4. The number of ether oxygens (including phenoxy) is 1. The zero-order valence-electron chi connectivity index (χ0n) is 10.1. The number of hydrogen-bond donors (Lipinski definition) is 1. The maximum Gasteiger partial charge on any atom is 0.338 e. The predicted molar refractivity (Wildman–Crippen MR) is 60.7 cm³/mol. The van der Waals surface area contributed by atoms with Gasteiger partial charge in [-0.3, -0.25) is 0 Å². The van der Waals surface area contributed by atoms with Crippen molar-refractivity contribution in [3.8, 4) is 5.88 Å². The molecule has 0 radical (unpaired) electrons. The Morgan fingerprint density at radius 1 is 1.53 bits per heavy atom. The summed E-state index contributed by atoms with van der Waals surface area (Å²) in [7, 11) is 0. The third-order valence-electron chi connectivity index (χ3n) is 2.20. The lowest BCUT2D eigenvalue weighted by molar-refractivity contribution is 0.0689. The number of carbonyl (C=O) groups is 1. The van der Waals surface area contributed by atoms with E-state index in [4.69, 9.17) is 9.84 Å². The number of aromatic nitrogens is 1. The van der Waals surface area contributed by atoms with E-state index in [1.54, 1.807) is 6.92 Å². The van der Waals surface area contributed by atoms with Gasteiger partial charge in [0.1, 0.15) is 5.56 Å². The fourth-order valence-electron chi connectivity index (χ4n) is 1.57. The summed E-state index contributed by atoms with van der Waals surface area (Å²) >= 11 is 0. The molecule has 0 fully saturated rings. The topological polar surface area (TPSA) is 59.4 Å². The van der Waals surface area contributed by atoms with Gasteiger partial charge in [0.25, 0.3) is 5.88 Å². The van der Waals surface area contributed by atoms with E-state index in [1.807, 2.05) is 13.8 Å². The van der Waals surface area contributed by atoms with Crippen LogP contribution in [0.3, 0.4) is 0 Å². The SMILES string of the molecule is CC(C)CC(C)Oc1nccc(C(=O)O)c1F. The monoisotopic (exact) mass is 241 g/mol. The lowest BCUT2D eigenvalue weighted by Gasteiger charge is -2.16. The van der Waals surface area contributed by atoms with Crippen LogP contribution in [0.5, 0.6) is 5.88 Å². The molecule has 1 rings (SSSR count). The molecular weight excluding hydrogens is 225 g/mol. The molecule has 1 aromatic rings. The van der Waals surface area contributed by atoms with Gasteiger partial charge >= 0.3 is 5.97 Å². The second-order valence-corrected chi connectivity index (χ2v) is 4.34. The van der Waals surface area contributed by atoms with E-state index in [9.17, 15) is 9.18 Å². The molecular formula is C12H16FNO3. The van der Waals surface area contributed by atoms with E-state index in [1.165, 1.54) is 6.20 Å². The Balaban J connectivity index is 2.85. The molecule has 1 aromatic heterocycles. The molecule has 0 bridgehead atoms. The molecule has 1 atom stereocenters.